The van der Waals surface area contributed by atoms with Gasteiger partial charge in [-0.25, -0.2) is 4.39 Å². The fraction of sp³-hybridized carbons (Fsp3) is 0.556. The summed E-state index contributed by atoms with van der Waals surface area (Å²) in [5.41, 5.74) is 0.561. The van der Waals surface area contributed by atoms with E-state index in [1.807, 2.05) is 0 Å². The Morgan fingerprint density at radius 1 is 1.09 bits per heavy atom. The van der Waals surface area contributed by atoms with E-state index in [1.54, 1.807) is 6.07 Å². The van der Waals surface area contributed by atoms with Crippen LogP contribution < -0.4 is 10.6 Å². The zero-order chi connectivity index (χ0) is 17.0. The third-order valence-corrected chi connectivity index (χ3v) is 4.58. The number of nitrogens with one attached hydrogen (secondary N) is 2. The van der Waals surface area contributed by atoms with E-state index < -0.39 is 17.6 Å². The van der Waals surface area contributed by atoms with Gasteiger partial charge in [0.1, 0.15) is 5.82 Å². The van der Waals surface area contributed by atoms with E-state index in [9.17, 15) is 14.0 Å². The van der Waals surface area contributed by atoms with Gasteiger partial charge in [0.05, 0.1) is 0 Å². The van der Waals surface area contributed by atoms with E-state index in [-0.39, 0.29) is 17.1 Å². The molecule has 5 heteroatoms. The molecule has 1 saturated carbocycles. The maximum Gasteiger partial charge on any atom is 0.313 e. The van der Waals surface area contributed by atoms with Crippen molar-refractivity contribution in [1.82, 2.24) is 5.32 Å². The van der Waals surface area contributed by atoms with Gasteiger partial charge < -0.3 is 10.6 Å². The summed E-state index contributed by atoms with van der Waals surface area (Å²) >= 11 is 0. The van der Waals surface area contributed by atoms with Crippen LogP contribution in [0.5, 0.6) is 0 Å². The molecule has 0 aromatic heterocycles. The minimum absolute atomic E-state index is 0.0411. The highest BCUT2D eigenvalue weighted by Crippen LogP contribution is 2.37. The Labute approximate surface area is 136 Å². The molecule has 1 aromatic carbocycles. The van der Waals surface area contributed by atoms with E-state index in [0.717, 1.165) is 25.7 Å². The van der Waals surface area contributed by atoms with Crippen molar-refractivity contribution < 1.29 is 14.0 Å². The molecule has 0 radical (unpaired) electrons. The highest BCUT2D eigenvalue weighted by molar-refractivity contribution is 6.39. The smallest absolute Gasteiger partial charge is 0.313 e. The molecule has 1 fully saturated rings. The van der Waals surface area contributed by atoms with Gasteiger partial charge in [-0.15, -0.1) is 0 Å². The molecule has 2 N–H and O–H groups in total. The number of hydrogen-bond acceptors (Lipinski definition) is 2. The second-order valence-corrected chi connectivity index (χ2v) is 7.35. The molecule has 23 heavy (non-hydrogen) atoms. The predicted octanol–water partition coefficient (Wildman–Crippen LogP) is 3.49. The lowest BCUT2D eigenvalue weighted by molar-refractivity contribution is -0.136. The van der Waals surface area contributed by atoms with E-state index in [0.29, 0.717) is 5.92 Å². The number of benzene rings is 1. The third-order valence-electron chi connectivity index (χ3n) is 4.58. The van der Waals surface area contributed by atoms with E-state index in [4.69, 9.17) is 0 Å². The summed E-state index contributed by atoms with van der Waals surface area (Å²) in [7, 11) is 0. The monoisotopic (exact) mass is 320 g/mol. The lowest BCUT2D eigenvalue weighted by Gasteiger charge is -2.37. The summed E-state index contributed by atoms with van der Waals surface area (Å²) in [5, 5.41) is 5.19. The molecule has 1 aromatic rings. The molecule has 0 bridgehead atoms. The average Bonchev–Trinajstić information content (AvgIpc) is 2.46. The van der Waals surface area contributed by atoms with Gasteiger partial charge in [0.25, 0.3) is 0 Å². The fourth-order valence-electron chi connectivity index (χ4n) is 3.11. The summed E-state index contributed by atoms with van der Waals surface area (Å²) in [4.78, 5) is 23.8. The molecule has 0 spiro atoms. The zero-order valence-corrected chi connectivity index (χ0v) is 14.0. The Balaban J connectivity index is 1.82. The van der Waals surface area contributed by atoms with Gasteiger partial charge in [0.2, 0.25) is 0 Å². The van der Waals surface area contributed by atoms with Gasteiger partial charge in [-0.1, -0.05) is 26.8 Å². The number of anilines is 1. The van der Waals surface area contributed by atoms with Crippen molar-refractivity contribution in [3.8, 4) is 0 Å². The van der Waals surface area contributed by atoms with Crippen LogP contribution in [0.3, 0.4) is 0 Å². The van der Waals surface area contributed by atoms with Crippen LogP contribution in [-0.2, 0) is 9.59 Å². The average molecular weight is 320 g/mol. The van der Waals surface area contributed by atoms with Crippen LogP contribution in [0.2, 0.25) is 0 Å². The predicted molar refractivity (Wildman–Crippen MR) is 88.4 cm³/mol. The van der Waals surface area contributed by atoms with Crippen molar-refractivity contribution in [3.63, 3.8) is 0 Å². The Hall–Kier alpha value is -1.91. The number of carbonyl (C=O) groups is 2. The topological polar surface area (TPSA) is 58.2 Å². The van der Waals surface area contributed by atoms with Crippen molar-refractivity contribution in [3.05, 3.63) is 30.1 Å². The summed E-state index contributed by atoms with van der Waals surface area (Å²) in [5.74, 6) is -1.22. The van der Waals surface area contributed by atoms with Crippen molar-refractivity contribution in [2.24, 2.45) is 11.3 Å². The second kappa shape index (κ2) is 7.11. The number of hydrogen-bond donors (Lipinski definition) is 2. The molecule has 0 saturated heterocycles. The second-order valence-electron chi connectivity index (χ2n) is 7.35. The largest absolute Gasteiger partial charge is 0.345 e. The van der Waals surface area contributed by atoms with Crippen molar-refractivity contribution in [2.45, 2.75) is 52.5 Å². The maximum atomic E-state index is 13.1. The van der Waals surface area contributed by atoms with Crippen molar-refractivity contribution in [2.75, 3.05) is 5.32 Å². The summed E-state index contributed by atoms with van der Waals surface area (Å²) < 4.78 is 13.1. The minimum Gasteiger partial charge on any atom is -0.345 e. The highest BCUT2D eigenvalue weighted by Gasteiger charge is 2.30. The van der Waals surface area contributed by atoms with Crippen molar-refractivity contribution in [1.29, 1.82) is 0 Å². The lowest BCUT2D eigenvalue weighted by Crippen LogP contribution is -2.44. The van der Waals surface area contributed by atoms with E-state index in [2.05, 4.69) is 31.4 Å². The lowest BCUT2D eigenvalue weighted by atomic mass is 9.71. The number of halogens is 1. The van der Waals surface area contributed by atoms with Crippen LogP contribution in [0, 0.1) is 17.2 Å². The minimum atomic E-state index is -0.756. The molecule has 0 unspecified atom stereocenters. The fourth-order valence-corrected chi connectivity index (χ4v) is 3.11. The number of carbonyl (C=O) groups excluding carboxylic acids is 2. The molecule has 2 amide bonds. The Morgan fingerprint density at radius 3 is 2.30 bits per heavy atom. The highest BCUT2D eigenvalue weighted by atomic mass is 19.1. The van der Waals surface area contributed by atoms with Crippen LogP contribution in [0.15, 0.2) is 24.3 Å². The van der Waals surface area contributed by atoms with E-state index in [1.165, 1.54) is 18.2 Å². The van der Waals surface area contributed by atoms with Gasteiger partial charge in [-0.05, 0) is 55.2 Å². The Morgan fingerprint density at radius 2 is 1.74 bits per heavy atom. The van der Waals surface area contributed by atoms with Crippen molar-refractivity contribution >= 4 is 17.5 Å². The molecule has 1 aliphatic carbocycles. The first-order chi connectivity index (χ1) is 10.8. The molecule has 4 nitrogen and oxygen atoms in total. The summed E-state index contributed by atoms with van der Waals surface area (Å²) in [6.45, 7) is 6.72. The first kappa shape index (κ1) is 17.4. The standard InChI is InChI=1S/C18H25FN2O2/c1-18(2,3)12-7-9-14(10-8-12)20-16(22)17(23)21-15-6-4-5-13(19)11-15/h4-6,11-12,14H,7-10H2,1-3H3,(H,20,22)(H,21,23). The molecular formula is C18H25FN2O2. The van der Waals surface area contributed by atoms with Crippen LogP contribution >= 0.6 is 0 Å². The van der Waals surface area contributed by atoms with Gasteiger partial charge in [0.15, 0.2) is 0 Å². The number of amides is 2. The molecule has 126 valence electrons. The van der Waals surface area contributed by atoms with Crippen LogP contribution in [-0.4, -0.2) is 17.9 Å². The SMILES string of the molecule is CC(C)(C)C1CCC(NC(=O)C(=O)Nc2cccc(F)c2)CC1. The Kier molecular flexibility index (Phi) is 5.39. The zero-order valence-electron chi connectivity index (χ0n) is 14.0. The third kappa shape index (κ3) is 5.05. The maximum absolute atomic E-state index is 13.1. The first-order valence-corrected chi connectivity index (χ1v) is 8.13. The summed E-state index contributed by atoms with van der Waals surface area (Å²) in [6.07, 6.45) is 3.89. The van der Waals surface area contributed by atoms with Gasteiger partial charge in [-0.2, -0.15) is 0 Å². The van der Waals surface area contributed by atoms with E-state index >= 15 is 0 Å². The molecule has 0 aliphatic heterocycles. The number of rotatable bonds is 2. The molecule has 1 aliphatic rings. The molecule has 0 heterocycles. The molecular weight excluding hydrogens is 295 g/mol. The summed E-state index contributed by atoms with van der Waals surface area (Å²) in [6, 6.07) is 5.53. The molecule has 0 atom stereocenters. The van der Waals surface area contributed by atoms with Gasteiger partial charge in [0, 0.05) is 11.7 Å². The van der Waals surface area contributed by atoms with Crippen LogP contribution in [0.25, 0.3) is 0 Å². The quantitative estimate of drug-likeness (QED) is 0.820. The molecule has 2 rings (SSSR count). The van der Waals surface area contributed by atoms with Gasteiger partial charge >= 0.3 is 11.8 Å². The van der Waals surface area contributed by atoms with Crippen LogP contribution in [0.1, 0.15) is 46.5 Å². The van der Waals surface area contributed by atoms with Crippen LogP contribution in [0.4, 0.5) is 10.1 Å². The first-order valence-electron chi connectivity index (χ1n) is 8.13. The van der Waals surface area contributed by atoms with Gasteiger partial charge in [-0.3, -0.25) is 9.59 Å². The Bertz CT molecular complexity index is 573. The normalized spacial score (nSPS) is 21.6.